The van der Waals surface area contributed by atoms with E-state index in [0.29, 0.717) is 6.42 Å². The number of ether oxygens (including phenoxy) is 2. The minimum absolute atomic E-state index is 0.0700. The summed E-state index contributed by atoms with van der Waals surface area (Å²) in [7, 11) is 1.57. The molecule has 17 heavy (non-hydrogen) atoms. The molecule has 0 bridgehead atoms. The van der Waals surface area contributed by atoms with Crippen molar-refractivity contribution in [3.8, 4) is 0 Å². The molecule has 1 heterocycles. The third-order valence-electron chi connectivity index (χ3n) is 2.38. The Kier molecular flexibility index (Phi) is 6.13. The largest absolute Gasteiger partial charge is 0.359 e. The second kappa shape index (κ2) is 7.39. The number of hydrazine groups is 1. The zero-order chi connectivity index (χ0) is 12.7. The van der Waals surface area contributed by atoms with Crippen LogP contribution in [0, 0.1) is 0 Å². The summed E-state index contributed by atoms with van der Waals surface area (Å²) in [4.78, 5) is 12.7. The maximum absolute atomic E-state index is 11.7. The van der Waals surface area contributed by atoms with Gasteiger partial charge in [0.2, 0.25) is 5.91 Å². The average Bonchev–Trinajstić information content (AvgIpc) is 2.86. The monoisotopic (exact) mass is 258 g/mol. The van der Waals surface area contributed by atoms with E-state index < -0.39 is 0 Å². The molecular weight excluding hydrogens is 240 g/mol. The molecule has 1 rings (SSSR count). The van der Waals surface area contributed by atoms with Crippen molar-refractivity contribution in [2.24, 2.45) is 5.84 Å². The van der Waals surface area contributed by atoms with Gasteiger partial charge in [0.1, 0.15) is 6.79 Å². The van der Waals surface area contributed by atoms with Crippen LogP contribution in [0.15, 0.2) is 17.5 Å². The van der Waals surface area contributed by atoms with Crippen molar-refractivity contribution < 1.29 is 14.3 Å². The molecule has 1 aromatic heterocycles. The number of nitrogens with one attached hydrogen (secondary N) is 1. The van der Waals surface area contributed by atoms with Gasteiger partial charge in [0.05, 0.1) is 12.0 Å². The van der Waals surface area contributed by atoms with Crippen LogP contribution in [0.1, 0.15) is 24.1 Å². The first kappa shape index (κ1) is 14.1. The van der Waals surface area contributed by atoms with Crippen molar-refractivity contribution in [3.63, 3.8) is 0 Å². The highest BCUT2D eigenvalue weighted by molar-refractivity contribution is 7.10. The first-order valence-corrected chi connectivity index (χ1v) is 6.21. The van der Waals surface area contributed by atoms with E-state index in [4.69, 9.17) is 15.3 Å². The van der Waals surface area contributed by atoms with Gasteiger partial charge in [-0.05, 0) is 24.8 Å². The minimum Gasteiger partial charge on any atom is -0.359 e. The summed E-state index contributed by atoms with van der Waals surface area (Å²) in [6.07, 6.45) is 0.506. The van der Waals surface area contributed by atoms with Crippen molar-refractivity contribution in [3.05, 3.63) is 22.4 Å². The van der Waals surface area contributed by atoms with Crippen molar-refractivity contribution in [1.82, 2.24) is 5.43 Å². The van der Waals surface area contributed by atoms with Gasteiger partial charge in [-0.15, -0.1) is 11.3 Å². The van der Waals surface area contributed by atoms with Crippen LogP contribution >= 0.6 is 11.3 Å². The minimum atomic E-state index is -0.271. The van der Waals surface area contributed by atoms with E-state index >= 15 is 0 Å². The molecule has 2 unspecified atom stereocenters. The number of thiophene rings is 1. The van der Waals surface area contributed by atoms with Gasteiger partial charge in [-0.3, -0.25) is 10.2 Å². The summed E-state index contributed by atoms with van der Waals surface area (Å²) in [5.41, 5.74) is 2.20. The fourth-order valence-corrected chi connectivity index (χ4v) is 2.37. The Hall–Kier alpha value is -0.950. The van der Waals surface area contributed by atoms with Crippen LogP contribution in [0.5, 0.6) is 0 Å². The summed E-state index contributed by atoms with van der Waals surface area (Å²) in [6, 6.07) is 3.84. The van der Waals surface area contributed by atoms with Crippen LogP contribution in [-0.4, -0.2) is 25.9 Å². The van der Waals surface area contributed by atoms with Gasteiger partial charge in [0, 0.05) is 12.0 Å². The molecule has 1 amide bonds. The quantitative estimate of drug-likeness (QED) is 0.334. The normalized spacial score (nSPS) is 14.3. The molecule has 1 aromatic rings. The van der Waals surface area contributed by atoms with E-state index in [2.05, 4.69) is 5.43 Å². The van der Waals surface area contributed by atoms with Gasteiger partial charge in [-0.1, -0.05) is 6.07 Å². The van der Waals surface area contributed by atoms with Crippen molar-refractivity contribution in [2.75, 3.05) is 13.9 Å². The van der Waals surface area contributed by atoms with Crippen molar-refractivity contribution in [1.29, 1.82) is 0 Å². The highest BCUT2D eigenvalue weighted by Gasteiger charge is 2.23. The molecule has 0 aliphatic heterocycles. The summed E-state index contributed by atoms with van der Waals surface area (Å²) < 4.78 is 10.2. The van der Waals surface area contributed by atoms with E-state index in [-0.39, 0.29) is 24.7 Å². The van der Waals surface area contributed by atoms with E-state index in [9.17, 15) is 4.79 Å². The number of methoxy groups -OCH3 is 1. The highest BCUT2D eigenvalue weighted by atomic mass is 32.1. The molecule has 0 aromatic carbocycles. The van der Waals surface area contributed by atoms with Crippen LogP contribution < -0.4 is 11.3 Å². The lowest BCUT2D eigenvalue weighted by Crippen LogP contribution is -2.36. The van der Waals surface area contributed by atoms with E-state index in [1.807, 2.05) is 24.4 Å². The molecule has 0 fully saturated rings. The highest BCUT2D eigenvalue weighted by Crippen LogP contribution is 2.26. The smallest absolute Gasteiger partial charge is 0.242 e. The number of amides is 1. The topological polar surface area (TPSA) is 73.6 Å². The summed E-state index contributed by atoms with van der Waals surface area (Å²) in [5, 5.41) is 1.94. The molecule has 6 heteroatoms. The number of carbonyl (C=O) groups excluding carboxylic acids is 1. The van der Waals surface area contributed by atoms with Gasteiger partial charge in [-0.25, -0.2) is 5.84 Å². The third kappa shape index (κ3) is 4.43. The molecule has 0 radical (unpaired) electrons. The molecule has 0 saturated heterocycles. The summed E-state index contributed by atoms with van der Waals surface area (Å²) in [6.45, 7) is 2.13. The molecule has 96 valence electrons. The fraction of sp³-hybridized carbons (Fsp3) is 0.545. The standard InChI is InChI=1S/C11H18N2O3S/c1-8(16-7-15-2)6-9(11(14)13-12)10-4-3-5-17-10/h3-5,8-9H,6-7,12H2,1-2H3,(H,13,14). The predicted molar refractivity (Wildman–Crippen MR) is 66.4 cm³/mol. The molecule has 3 N–H and O–H groups in total. The molecule has 0 aliphatic carbocycles. The Morgan fingerprint density at radius 3 is 2.94 bits per heavy atom. The maximum atomic E-state index is 11.7. The molecular formula is C11H18N2O3S. The Labute approximate surface area is 105 Å². The first-order valence-electron chi connectivity index (χ1n) is 5.33. The lowest BCUT2D eigenvalue weighted by atomic mass is 9.99. The number of nitrogens with two attached hydrogens (primary N) is 1. The second-order valence-electron chi connectivity index (χ2n) is 3.70. The lowest BCUT2D eigenvalue weighted by molar-refractivity contribution is -0.124. The Bertz CT molecular complexity index is 329. The van der Waals surface area contributed by atoms with E-state index in [1.165, 1.54) is 11.3 Å². The van der Waals surface area contributed by atoms with Gasteiger partial charge in [-0.2, -0.15) is 0 Å². The molecule has 5 nitrogen and oxygen atoms in total. The fourth-order valence-electron chi connectivity index (χ4n) is 1.53. The number of hydrogen-bond acceptors (Lipinski definition) is 5. The zero-order valence-electron chi connectivity index (χ0n) is 10.0. The van der Waals surface area contributed by atoms with Gasteiger partial charge in [0.15, 0.2) is 0 Å². The third-order valence-corrected chi connectivity index (χ3v) is 3.37. The predicted octanol–water partition coefficient (Wildman–Crippen LogP) is 1.22. The average molecular weight is 258 g/mol. The van der Waals surface area contributed by atoms with Crippen LogP contribution in [0.3, 0.4) is 0 Å². The number of hydrogen-bond donors (Lipinski definition) is 2. The van der Waals surface area contributed by atoms with Gasteiger partial charge in [0.25, 0.3) is 0 Å². The lowest BCUT2D eigenvalue weighted by Gasteiger charge is -2.18. The van der Waals surface area contributed by atoms with E-state index in [0.717, 1.165) is 4.88 Å². The van der Waals surface area contributed by atoms with Crippen LogP contribution in [0.4, 0.5) is 0 Å². The summed E-state index contributed by atoms with van der Waals surface area (Å²) >= 11 is 1.54. The first-order chi connectivity index (χ1) is 8.19. The Balaban J connectivity index is 2.62. The van der Waals surface area contributed by atoms with Crippen molar-refractivity contribution in [2.45, 2.75) is 25.4 Å². The molecule has 0 saturated carbocycles. The maximum Gasteiger partial charge on any atom is 0.242 e. The number of rotatable bonds is 7. The molecule has 0 aliphatic rings. The molecule has 2 atom stereocenters. The zero-order valence-corrected chi connectivity index (χ0v) is 10.8. The second-order valence-corrected chi connectivity index (χ2v) is 4.68. The van der Waals surface area contributed by atoms with Gasteiger partial charge < -0.3 is 9.47 Å². The van der Waals surface area contributed by atoms with Crippen LogP contribution in [-0.2, 0) is 14.3 Å². The summed E-state index contributed by atoms with van der Waals surface area (Å²) in [5.74, 6) is 4.73. The van der Waals surface area contributed by atoms with E-state index in [1.54, 1.807) is 7.11 Å². The Morgan fingerprint density at radius 1 is 1.65 bits per heavy atom. The number of carbonyl (C=O) groups is 1. The van der Waals surface area contributed by atoms with Crippen LogP contribution in [0.25, 0.3) is 0 Å². The molecule has 0 spiro atoms. The van der Waals surface area contributed by atoms with Gasteiger partial charge >= 0.3 is 0 Å². The van der Waals surface area contributed by atoms with Crippen molar-refractivity contribution >= 4 is 17.2 Å². The van der Waals surface area contributed by atoms with Crippen LogP contribution in [0.2, 0.25) is 0 Å². The SMILES string of the molecule is COCOC(C)CC(C(=O)NN)c1cccs1. The Morgan fingerprint density at radius 2 is 2.41 bits per heavy atom.